The lowest BCUT2D eigenvalue weighted by Gasteiger charge is -2.04. The summed E-state index contributed by atoms with van der Waals surface area (Å²) in [5.41, 5.74) is 0.929. The van der Waals surface area contributed by atoms with Gasteiger partial charge in [0.15, 0.2) is 20.5 Å². The Bertz CT molecular complexity index is 801. The molecule has 0 spiro atoms. The number of nitrogens with zero attached hydrogens (tertiary/aromatic N) is 3. The Morgan fingerprint density at radius 1 is 1.32 bits per heavy atom. The molecule has 3 heterocycles. The van der Waals surface area contributed by atoms with Gasteiger partial charge in [0.05, 0.1) is 24.3 Å². The predicted molar refractivity (Wildman–Crippen MR) is 80.7 cm³/mol. The summed E-state index contributed by atoms with van der Waals surface area (Å²) in [5, 5.41) is 0.524. The Morgan fingerprint density at radius 2 is 2.18 bits per heavy atom. The summed E-state index contributed by atoms with van der Waals surface area (Å²) < 4.78 is 33.9. The minimum absolute atomic E-state index is 0.0101. The summed E-state index contributed by atoms with van der Waals surface area (Å²) in [6.45, 7) is 0.627. The van der Waals surface area contributed by atoms with Crippen LogP contribution < -0.4 is 4.74 Å². The molecule has 9 heteroatoms. The fraction of sp³-hybridized carbons (Fsp3) is 0.615. The monoisotopic (exact) mass is 341 g/mol. The van der Waals surface area contributed by atoms with Crippen LogP contribution in [0, 0.1) is 5.92 Å². The highest BCUT2D eigenvalue weighted by Gasteiger charge is 2.29. The molecule has 1 atom stereocenters. The van der Waals surface area contributed by atoms with Crippen molar-refractivity contribution in [2.75, 3.05) is 18.1 Å². The van der Waals surface area contributed by atoms with Gasteiger partial charge >= 0.3 is 6.08 Å². The Balaban J connectivity index is 1.47. The molecule has 2 aliphatic rings. The first-order chi connectivity index (χ1) is 10.6. The van der Waals surface area contributed by atoms with Crippen molar-refractivity contribution >= 4 is 32.8 Å². The summed E-state index contributed by atoms with van der Waals surface area (Å²) in [7, 11) is -2.90. The number of aromatic nitrogens is 3. The van der Waals surface area contributed by atoms with Crippen LogP contribution in [0.2, 0.25) is 0 Å². The molecule has 1 saturated heterocycles. The van der Waals surface area contributed by atoms with E-state index >= 15 is 0 Å². The molecule has 118 valence electrons. The van der Waals surface area contributed by atoms with Gasteiger partial charge in [0.25, 0.3) is 5.71 Å². The molecule has 2 aromatic heterocycles. The molecule has 1 saturated carbocycles. The lowest BCUT2D eigenvalue weighted by Crippen LogP contribution is -2.06. The lowest BCUT2D eigenvalue weighted by atomic mass is 10.4. The molecule has 0 bridgehead atoms. The third-order valence-corrected chi connectivity index (χ3v) is 6.83. The van der Waals surface area contributed by atoms with Gasteiger partial charge in [0.1, 0.15) is 0 Å². The second-order valence-electron chi connectivity index (χ2n) is 5.72. The van der Waals surface area contributed by atoms with E-state index in [1.807, 2.05) is 0 Å². The zero-order valence-corrected chi connectivity index (χ0v) is 13.4. The van der Waals surface area contributed by atoms with E-state index in [-0.39, 0.29) is 22.8 Å². The van der Waals surface area contributed by atoms with Gasteiger partial charge in [-0.2, -0.15) is 9.97 Å². The zero-order chi connectivity index (χ0) is 15.2. The molecular weight excluding hydrogens is 326 g/mol. The van der Waals surface area contributed by atoms with E-state index in [1.54, 1.807) is 6.20 Å². The number of hydrogen-bond donors (Lipinski definition) is 0. The van der Waals surface area contributed by atoms with Gasteiger partial charge < -0.3 is 9.15 Å². The van der Waals surface area contributed by atoms with Crippen molar-refractivity contribution in [3.8, 4) is 6.08 Å². The first-order valence-corrected chi connectivity index (χ1v) is 9.91. The smallest absolute Gasteiger partial charge is 0.396 e. The third kappa shape index (κ3) is 3.19. The van der Waals surface area contributed by atoms with Crippen molar-refractivity contribution in [2.45, 2.75) is 29.7 Å². The molecule has 0 aromatic carbocycles. The number of oxazole rings is 1. The largest absolute Gasteiger partial charge is 0.450 e. The Labute approximate surface area is 131 Å². The van der Waals surface area contributed by atoms with Crippen molar-refractivity contribution in [3.05, 3.63) is 6.20 Å². The molecule has 2 fully saturated rings. The molecule has 7 nitrogen and oxygen atoms in total. The number of hydrogen-bond acceptors (Lipinski definition) is 8. The first kappa shape index (κ1) is 14.3. The van der Waals surface area contributed by atoms with Gasteiger partial charge in [-0.3, -0.25) is 0 Å². The topological polar surface area (TPSA) is 95.2 Å². The van der Waals surface area contributed by atoms with Gasteiger partial charge in [-0.1, -0.05) is 11.8 Å². The molecule has 2 aromatic rings. The lowest BCUT2D eigenvalue weighted by molar-refractivity contribution is 0.224. The van der Waals surface area contributed by atoms with Crippen LogP contribution in [0.25, 0.3) is 11.2 Å². The van der Waals surface area contributed by atoms with Gasteiger partial charge in [0, 0.05) is 5.25 Å². The fourth-order valence-corrected chi connectivity index (χ4v) is 5.67. The van der Waals surface area contributed by atoms with Crippen LogP contribution in [0.15, 0.2) is 15.8 Å². The van der Waals surface area contributed by atoms with Crippen LogP contribution >= 0.6 is 11.8 Å². The zero-order valence-electron chi connectivity index (χ0n) is 11.8. The van der Waals surface area contributed by atoms with Crippen LogP contribution in [-0.2, 0) is 9.84 Å². The quantitative estimate of drug-likeness (QED) is 0.758. The van der Waals surface area contributed by atoms with Gasteiger partial charge in [-0.25, -0.2) is 13.4 Å². The highest BCUT2D eigenvalue weighted by molar-refractivity contribution is 8.01. The van der Waals surface area contributed by atoms with Crippen molar-refractivity contribution in [2.24, 2.45) is 5.92 Å². The molecule has 1 unspecified atom stereocenters. The number of rotatable bonds is 5. The normalized spacial score (nSPS) is 23.9. The van der Waals surface area contributed by atoms with Crippen LogP contribution in [-0.4, -0.2) is 46.7 Å². The maximum Gasteiger partial charge on any atom is 0.396 e. The SMILES string of the molecule is O=S1(=O)CCC(Sc2ncc3nc(OCC4CC4)oc3n2)C1. The van der Waals surface area contributed by atoms with E-state index < -0.39 is 9.84 Å². The second kappa shape index (κ2) is 5.38. The summed E-state index contributed by atoms with van der Waals surface area (Å²) in [4.78, 5) is 12.7. The van der Waals surface area contributed by atoms with Crippen LogP contribution in [0.4, 0.5) is 0 Å². The number of fused-ring (bicyclic) bond motifs is 1. The van der Waals surface area contributed by atoms with E-state index in [4.69, 9.17) is 9.15 Å². The van der Waals surface area contributed by atoms with E-state index in [9.17, 15) is 8.42 Å². The molecule has 1 aliphatic heterocycles. The van der Waals surface area contributed by atoms with Gasteiger partial charge in [-0.05, 0) is 25.2 Å². The first-order valence-electron chi connectivity index (χ1n) is 7.21. The number of sulfone groups is 1. The van der Waals surface area contributed by atoms with E-state index in [0.29, 0.717) is 35.3 Å². The van der Waals surface area contributed by atoms with Crippen LogP contribution in [0.5, 0.6) is 6.08 Å². The highest BCUT2D eigenvalue weighted by Crippen LogP contribution is 2.31. The van der Waals surface area contributed by atoms with Crippen molar-refractivity contribution in [1.82, 2.24) is 15.0 Å². The predicted octanol–water partition coefficient (Wildman–Crippen LogP) is 1.69. The molecule has 0 N–H and O–H groups in total. The minimum atomic E-state index is -2.90. The Kier molecular flexibility index (Phi) is 3.48. The van der Waals surface area contributed by atoms with Crippen LogP contribution in [0.1, 0.15) is 19.3 Å². The third-order valence-electron chi connectivity index (χ3n) is 3.71. The highest BCUT2D eigenvalue weighted by atomic mass is 32.2. The summed E-state index contributed by atoms with van der Waals surface area (Å²) in [5.74, 6) is 1.05. The number of thioether (sulfide) groups is 1. The summed E-state index contributed by atoms with van der Waals surface area (Å²) in [6.07, 6.45) is 4.85. The maximum absolute atomic E-state index is 11.5. The molecule has 0 amide bonds. The van der Waals surface area contributed by atoms with Crippen molar-refractivity contribution in [3.63, 3.8) is 0 Å². The maximum atomic E-state index is 11.5. The fourth-order valence-electron chi connectivity index (χ4n) is 2.30. The summed E-state index contributed by atoms with van der Waals surface area (Å²) in [6, 6.07) is 0. The number of ether oxygens (including phenoxy) is 1. The van der Waals surface area contributed by atoms with Crippen molar-refractivity contribution < 1.29 is 17.6 Å². The minimum Gasteiger partial charge on any atom is -0.450 e. The average Bonchev–Trinajstić information content (AvgIpc) is 3.12. The Morgan fingerprint density at radius 3 is 2.91 bits per heavy atom. The van der Waals surface area contributed by atoms with Gasteiger partial charge in [-0.15, -0.1) is 0 Å². The average molecular weight is 341 g/mol. The van der Waals surface area contributed by atoms with Crippen molar-refractivity contribution in [1.29, 1.82) is 0 Å². The van der Waals surface area contributed by atoms with E-state index in [1.165, 1.54) is 24.6 Å². The summed E-state index contributed by atoms with van der Waals surface area (Å²) >= 11 is 1.38. The van der Waals surface area contributed by atoms with E-state index in [0.717, 1.165) is 0 Å². The van der Waals surface area contributed by atoms with Gasteiger partial charge in [0.2, 0.25) is 0 Å². The standard InChI is InChI=1S/C13H15N3O4S2/c17-22(18)4-3-9(7-22)21-12-14-5-10-11(16-12)20-13(15-10)19-6-8-1-2-8/h5,8-9H,1-4,6-7H2. The van der Waals surface area contributed by atoms with E-state index in [2.05, 4.69) is 15.0 Å². The molecule has 1 aliphatic carbocycles. The molecule has 22 heavy (non-hydrogen) atoms. The van der Waals surface area contributed by atoms with Crippen LogP contribution in [0.3, 0.4) is 0 Å². The Hall–Kier alpha value is -1.35. The second-order valence-corrected chi connectivity index (χ2v) is 9.22. The molecule has 0 radical (unpaired) electrons. The molecule has 4 rings (SSSR count). The molecular formula is C13H15N3O4S2.